The van der Waals surface area contributed by atoms with Gasteiger partial charge < -0.3 is 5.32 Å². The Hall–Kier alpha value is -0.830. The molecule has 0 aliphatic carbocycles. The quantitative estimate of drug-likeness (QED) is 0.751. The monoisotopic (exact) mass is 223 g/mol. The zero-order valence-corrected chi connectivity index (χ0v) is 11.3. The fourth-order valence-corrected chi connectivity index (χ4v) is 2.05. The molecular weight excluding hydrogens is 198 g/mol. The van der Waals surface area contributed by atoms with Crippen molar-refractivity contribution in [3.8, 4) is 0 Å². The van der Waals surface area contributed by atoms with Gasteiger partial charge in [-0.1, -0.05) is 13.8 Å². The average molecular weight is 223 g/mol. The number of aromatic nitrogens is 2. The van der Waals surface area contributed by atoms with Gasteiger partial charge in [-0.15, -0.1) is 0 Å². The van der Waals surface area contributed by atoms with Crippen molar-refractivity contribution in [2.24, 2.45) is 0 Å². The molecule has 3 heteroatoms. The highest BCUT2D eigenvalue weighted by Crippen LogP contribution is 2.19. The number of likely N-dealkylation sites (N-methyl/N-ethyl adjacent to an activating group) is 1. The van der Waals surface area contributed by atoms with Crippen molar-refractivity contribution < 1.29 is 0 Å². The van der Waals surface area contributed by atoms with Gasteiger partial charge in [-0.3, -0.25) is 4.68 Å². The molecule has 0 aromatic carbocycles. The summed E-state index contributed by atoms with van der Waals surface area (Å²) < 4.78 is 2.18. The topological polar surface area (TPSA) is 29.9 Å². The van der Waals surface area contributed by atoms with Gasteiger partial charge in [0.25, 0.3) is 0 Å². The minimum Gasteiger partial charge on any atom is -0.317 e. The Morgan fingerprint density at radius 2 is 2.00 bits per heavy atom. The molecule has 1 aromatic heterocycles. The summed E-state index contributed by atoms with van der Waals surface area (Å²) in [7, 11) is 0. The average Bonchev–Trinajstić information content (AvgIpc) is 2.56. The van der Waals surface area contributed by atoms with Crippen LogP contribution in [0.25, 0.3) is 0 Å². The molecule has 0 amide bonds. The fourth-order valence-electron chi connectivity index (χ4n) is 2.05. The van der Waals surface area contributed by atoms with E-state index < -0.39 is 0 Å². The van der Waals surface area contributed by atoms with E-state index in [1.54, 1.807) is 0 Å². The predicted molar refractivity (Wildman–Crippen MR) is 69.0 cm³/mol. The molecule has 1 atom stereocenters. The molecule has 0 fully saturated rings. The van der Waals surface area contributed by atoms with Gasteiger partial charge in [-0.2, -0.15) is 5.10 Å². The van der Waals surface area contributed by atoms with Gasteiger partial charge in [0.15, 0.2) is 0 Å². The highest BCUT2D eigenvalue weighted by molar-refractivity contribution is 5.25. The standard InChI is InChI=1S/C13H25N3/c1-6-10(3)16-12(5)13(11(4)15-16)8-9-14-7-2/h10,14H,6-9H2,1-5H3. The Balaban J connectivity index is 2.80. The van der Waals surface area contributed by atoms with E-state index in [-0.39, 0.29) is 0 Å². The molecule has 1 unspecified atom stereocenters. The SMILES string of the molecule is CCNCCc1c(C)nn(C(C)CC)c1C. The predicted octanol–water partition coefficient (Wildman–Crippen LogP) is 2.62. The van der Waals surface area contributed by atoms with Gasteiger partial charge >= 0.3 is 0 Å². The third kappa shape index (κ3) is 2.85. The van der Waals surface area contributed by atoms with Crippen LogP contribution in [0.3, 0.4) is 0 Å². The first-order valence-corrected chi connectivity index (χ1v) is 6.37. The normalized spacial score (nSPS) is 13.1. The summed E-state index contributed by atoms with van der Waals surface area (Å²) in [5.74, 6) is 0. The molecule has 1 N–H and O–H groups in total. The zero-order valence-electron chi connectivity index (χ0n) is 11.3. The lowest BCUT2D eigenvalue weighted by molar-refractivity contribution is 0.464. The molecule has 16 heavy (non-hydrogen) atoms. The fraction of sp³-hybridized carbons (Fsp3) is 0.769. The second kappa shape index (κ2) is 6.04. The van der Waals surface area contributed by atoms with Crippen molar-refractivity contribution in [2.45, 2.75) is 53.5 Å². The summed E-state index contributed by atoms with van der Waals surface area (Å²) in [6.07, 6.45) is 2.22. The van der Waals surface area contributed by atoms with Gasteiger partial charge in [-0.25, -0.2) is 0 Å². The third-order valence-corrected chi connectivity index (χ3v) is 3.28. The van der Waals surface area contributed by atoms with E-state index in [4.69, 9.17) is 0 Å². The van der Waals surface area contributed by atoms with Crippen LogP contribution in [0.1, 0.15) is 50.2 Å². The smallest absolute Gasteiger partial charge is 0.0629 e. The van der Waals surface area contributed by atoms with Crippen LogP contribution in [0.4, 0.5) is 0 Å². The summed E-state index contributed by atoms with van der Waals surface area (Å²) in [5.41, 5.74) is 3.95. The molecular formula is C13H25N3. The van der Waals surface area contributed by atoms with Crippen molar-refractivity contribution in [1.82, 2.24) is 15.1 Å². The molecule has 0 saturated carbocycles. The van der Waals surface area contributed by atoms with Crippen LogP contribution in [-0.2, 0) is 6.42 Å². The number of aryl methyl sites for hydroxylation is 1. The summed E-state index contributed by atoms with van der Waals surface area (Å²) in [5, 5.41) is 8.02. The Morgan fingerprint density at radius 3 is 2.56 bits per heavy atom. The van der Waals surface area contributed by atoms with E-state index in [1.807, 2.05) is 0 Å². The Morgan fingerprint density at radius 1 is 1.31 bits per heavy atom. The van der Waals surface area contributed by atoms with Crippen LogP contribution in [-0.4, -0.2) is 22.9 Å². The molecule has 1 rings (SSSR count). The maximum atomic E-state index is 4.65. The summed E-state index contributed by atoms with van der Waals surface area (Å²) in [4.78, 5) is 0. The molecule has 0 aliphatic rings. The van der Waals surface area contributed by atoms with E-state index in [1.165, 1.54) is 17.0 Å². The number of rotatable bonds is 6. The van der Waals surface area contributed by atoms with Crippen LogP contribution in [0.5, 0.6) is 0 Å². The Kier molecular flexibility index (Phi) is 5.00. The minimum absolute atomic E-state index is 0.506. The molecule has 0 bridgehead atoms. The highest BCUT2D eigenvalue weighted by atomic mass is 15.3. The van der Waals surface area contributed by atoms with Crippen molar-refractivity contribution in [2.75, 3.05) is 13.1 Å². The highest BCUT2D eigenvalue weighted by Gasteiger charge is 2.13. The molecule has 0 spiro atoms. The largest absolute Gasteiger partial charge is 0.317 e. The van der Waals surface area contributed by atoms with Gasteiger partial charge in [0, 0.05) is 11.7 Å². The van der Waals surface area contributed by atoms with Crippen LogP contribution in [0, 0.1) is 13.8 Å². The van der Waals surface area contributed by atoms with Crippen molar-refractivity contribution in [3.05, 3.63) is 17.0 Å². The van der Waals surface area contributed by atoms with E-state index in [0.717, 1.165) is 25.9 Å². The van der Waals surface area contributed by atoms with Crippen LogP contribution in [0.2, 0.25) is 0 Å². The molecule has 3 nitrogen and oxygen atoms in total. The number of nitrogens with zero attached hydrogens (tertiary/aromatic N) is 2. The van der Waals surface area contributed by atoms with Crippen molar-refractivity contribution in [3.63, 3.8) is 0 Å². The van der Waals surface area contributed by atoms with Gasteiger partial charge in [-0.05, 0) is 52.3 Å². The van der Waals surface area contributed by atoms with E-state index in [0.29, 0.717) is 6.04 Å². The minimum atomic E-state index is 0.506. The maximum absolute atomic E-state index is 4.65. The third-order valence-electron chi connectivity index (χ3n) is 3.28. The van der Waals surface area contributed by atoms with Gasteiger partial charge in [0.1, 0.15) is 0 Å². The van der Waals surface area contributed by atoms with E-state index in [2.05, 4.69) is 49.7 Å². The molecule has 1 aromatic rings. The first-order chi connectivity index (χ1) is 7.61. The van der Waals surface area contributed by atoms with Gasteiger partial charge in [0.2, 0.25) is 0 Å². The van der Waals surface area contributed by atoms with Crippen molar-refractivity contribution >= 4 is 0 Å². The molecule has 1 heterocycles. The van der Waals surface area contributed by atoms with Crippen molar-refractivity contribution in [1.29, 1.82) is 0 Å². The lowest BCUT2D eigenvalue weighted by Crippen LogP contribution is -2.16. The molecule has 0 aliphatic heterocycles. The van der Waals surface area contributed by atoms with Gasteiger partial charge in [0.05, 0.1) is 5.69 Å². The molecule has 0 radical (unpaired) electrons. The van der Waals surface area contributed by atoms with Crippen LogP contribution in [0.15, 0.2) is 0 Å². The number of nitrogens with one attached hydrogen (secondary N) is 1. The second-order valence-electron chi connectivity index (χ2n) is 4.45. The summed E-state index contributed by atoms with van der Waals surface area (Å²) in [6.45, 7) is 13.0. The lowest BCUT2D eigenvalue weighted by Gasteiger charge is -2.12. The van der Waals surface area contributed by atoms with Crippen LogP contribution < -0.4 is 5.32 Å². The van der Waals surface area contributed by atoms with E-state index >= 15 is 0 Å². The summed E-state index contributed by atoms with van der Waals surface area (Å²) >= 11 is 0. The zero-order chi connectivity index (χ0) is 12.1. The first kappa shape index (κ1) is 13.2. The second-order valence-corrected chi connectivity index (χ2v) is 4.45. The molecule has 92 valence electrons. The molecule has 0 saturated heterocycles. The maximum Gasteiger partial charge on any atom is 0.0629 e. The number of hydrogen-bond donors (Lipinski definition) is 1. The Labute approximate surface area is 99.2 Å². The number of hydrogen-bond acceptors (Lipinski definition) is 2. The van der Waals surface area contributed by atoms with Crippen LogP contribution >= 0.6 is 0 Å². The summed E-state index contributed by atoms with van der Waals surface area (Å²) in [6, 6.07) is 0.506. The Bertz CT molecular complexity index is 328. The first-order valence-electron chi connectivity index (χ1n) is 6.37. The van der Waals surface area contributed by atoms with E-state index in [9.17, 15) is 0 Å². The lowest BCUT2D eigenvalue weighted by atomic mass is 10.1.